The number of fused-ring (bicyclic) bond motifs is 1. The second-order valence-electron chi connectivity index (χ2n) is 6.16. The van der Waals surface area contributed by atoms with E-state index < -0.39 is 31.0 Å². The summed E-state index contributed by atoms with van der Waals surface area (Å²) in [5.41, 5.74) is 2.47. The van der Waals surface area contributed by atoms with Crippen LogP contribution in [0.15, 0.2) is 60.7 Å². The number of benzene rings is 2. The predicted molar refractivity (Wildman–Crippen MR) is 104 cm³/mol. The van der Waals surface area contributed by atoms with Crippen molar-refractivity contribution in [3.63, 3.8) is 0 Å². The molecule has 5 N–H and O–H groups in total. The molecular weight excluding hydrogens is 370 g/mol. The number of para-hydroxylation sites is 1. The minimum atomic E-state index is -1.69. The summed E-state index contributed by atoms with van der Waals surface area (Å²) in [6.45, 7) is -0.725. The number of aliphatic hydroxyl groups is 5. The highest BCUT2D eigenvalue weighted by Gasteiger charge is 2.32. The van der Waals surface area contributed by atoms with Crippen molar-refractivity contribution in [1.82, 2.24) is 4.98 Å². The van der Waals surface area contributed by atoms with Gasteiger partial charge in [-0.05, 0) is 17.7 Å². The van der Waals surface area contributed by atoms with Gasteiger partial charge in [0.15, 0.2) is 0 Å². The van der Waals surface area contributed by atoms with Crippen LogP contribution in [-0.2, 0) is 0 Å². The molecule has 6 nitrogen and oxygen atoms in total. The van der Waals surface area contributed by atoms with E-state index in [2.05, 4.69) is 4.98 Å². The molecule has 3 rings (SSSR count). The van der Waals surface area contributed by atoms with Gasteiger partial charge in [-0.15, -0.1) is 12.4 Å². The molecule has 0 saturated carbocycles. The van der Waals surface area contributed by atoms with Gasteiger partial charge in [-0.25, -0.2) is 4.98 Å². The molecule has 2 aromatic carbocycles. The van der Waals surface area contributed by atoms with Gasteiger partial charge in [0.1, 0.15) is 24.4 Å². The Labute approximate surface area is 162 Å². The van der Waals surface area contributed by atoms with Crippen LogP contribution < -0.4 is 0 Å². The van der Waals surface area contributed by atoms with Gasteiger partial charge in [0.25, 0.3) is 0 Å². The van der Waals surface area contributed by atoms with Gasteiger partial charge in [-0.3, -0.25) is 0 Å². The fourth-order valence-electron chi connectivity index (χ4n) is 2.91. The maximum Gasteiger partial charge on any atom is 0.113 e. The van der Waals surface area contributed by atoms with Crippen molar-refractivity contribution in [2.75, 3.05) is 6.61 Å². The largest absolute Gasteiger partial charge is 0.394 e. The lowest BCUT2D eigenvalue weighted by Crippen LogP contribution is -2.42. The molecule has 0 fully saturated rings. The zero-order chi connectivity index (χ0) is 18.7. The summed E-state index contributed by atoms with van der Waals surface area (Å²) in [6, 6.07) is 18.2. The van der Waals surface area contributed by atoms with E-state index in [1.165, 1.54) is 0 Å². The van der Waals surface area contributed by atoms with Gasteiger partial charge in [0.05, 0.1) is 17.8 Å². The van der Waals surface area contributed by atoms with E-state index in [0.29, 0.717) is 22.2 Å². The van der Waals surface area contributed by atoms with Crippen molar-refractivity contribution in [3.05, 3.63) is 66.2 Å². The van der Waals surface area contributed by atoms with Crippen molar-refractivity contribution >= 4 is 23.3 Å². The molecule has 4 atom stereocenters. The number of aliphatic hydroxyl groups excluding tert-OH is 5. The lowest BCUT2D eigenvalue weighted by molar-refractivity contribution is -0.115. The summed E-state index contributed by atoms with van der Waals surface area (Å²) in [5.74, 6) is 0. The van der Waals surface area contributed by atoms with Gasteiger partial charge in [0, 0.05) is 10.9 Å². The van der Waals surface area contributed by atoms with Crippen LogP contribution in [0.5, 0.6) is 0 Å². The molecule has 0 aliphatic rings. The number of aromatic nitrogens is 1. The first-order chi connectivity index (χ1) is 12.5. The molecule has 0 radical (unpaired) electrons. The molecule has 0 aliphatic carbocycles. The average molecular weight is 392 g/mol. The molecule has 27 heavy (non-hydrogen) atoms. The highest BCUT2D eigenvalue weighted by Crippen LogP contribution is 2.31. The first-order valence-electron chi connectivity index (χ1n) is 8.31. The van der Waals surface area contributed by atoms with Gasteiger partial charge in [0.2, 0.25) is 0 Å². The number of halogens is 1. The summed E-state index contributed by atoms with van der Waals surface area (Å²) in [5, 5.41) is 50.0. The second kappa shape index (κ2) is 9.23. The minimum absolute atomic E-state index is 0. The van der Waals surface area contributed by atoms with Crippen molar-refractivity contribution < 1.29 is 25.5 Å². The molecule has 0 unspecified atom stereocenters. The second-order valence-corrected chi connectivity index (χ2v) is 6.16. The lowest BCUT2D eigenvalue weighted by atomic mass is 9.93. The van der Waals surface area contributed by atoms with E-state index >= 15 is 0 Å². The maximum atomic E-state index is 10.6. The number of rotatable bonds is 6. The SMILES string of the molecule is Cl.OC[C@@H](O)[C@@H](O)[C@H](O)[C@H](O)c1cc(-c2ccccc2)nc2ccccc12. The Morgan fingerprint density at radius 3 is 2.11 bits per heavy atom. The van der Waals surface area contributed by atoms with Crippen LogP contribution >= 0.6 is 12.4 Å². The molecule has 0 spiro atoms. The molecule has 0 saturated heterocycles. The quantitative estimate of drug-likeness (QED) is 0.434. The molecular formula is C20H22ClNO5. The van der Waals surface area contributed by atoms with E-state index in [1.54, 1.807) is 24.3 Å². The Morgan fingerprint density at radius 2 is 1.44 bits per heavy atom. The Balaban J connectivity index is 0.00000261. The maximum absolute atomic E-state index is 10.6. The van der Waals surface area contributed by atoms with Crippen molar-refractivity contribution in [1.29, 1.82) is 0 Å². The van der Waals surface area contributed by atoms with Crippen molar-refractivity contribution in [3.8, 4) is 11.3 Å². The molecule has 0 aliphatic heterocycles. The highest BCUT2D eigenvalue weighted by molar-refractivity contribution is 5.86. The van der Waals surface area contributed by atoms with Crippen LogP contribution in [0.2, 0.25) is 0 Å². The molecule has 1 heterocycles. The minimum Gasteiger partial charge on any atom is -0.394 e. The third-order valence-electron chi connectivity index (χ3n) is 4.39. The Hall–Kier alpha value is -2.06. The van der Waals surface area contributed by atoms with E-state index in [9.17, 15) is 20.4 Å². The predicted octanol–water partition coefficient (Wildman–Crippen LogP) is 1.43. The van der Waals surface area contributed by atoms with Crippen LogP contribution in [0.1, 0.15) is 11.7 Å². The fraction of sp³-hybridized carbons (Fsp3) is 0.250. The molecule has 0 bridgehead atoms. The van der Waals surface area contributed by atoms with E-state index in [-0.39, 0.29) is 12.4 Å². The average Bonchev–Trinajstić information content (AvgIpc) is 2.71. The first kappa shape index (κ1) is 21.2. The summed E-state index contributed by atoms with van der Waals surface area (Å²) in [4.78, 5) is 4.60. The van der Waals surface area contributed by atoms with Crippen LogP contribution in [0.3, 0.4) is 0 Å². The van der Waals surface area contributed by atoms with E-state index in [0.717, 1.165) is 5.56 Å². The summed E-state index contributed by atoms with van der Waals surface area (Å²) >= 11 is 0. The normalized spacial score (nSPS) is 15.6. The third kappa shape index (κ3) is 4.44. The zero-order valence-corrected chi connectivity index (χ0v) is 15.2. The van der Waals surface area contributed by atoms with E-state index in [1.807, 2.05) is 36.4 Å². The van der Waals surface area contributed by atoms with Crippen LogP contribution in [0.25, 0.3) is 22.2 Å². The number of hydrogen-bond donors (Lipinski definition) is 5. The van der Waals surface area contributed by atoms with Gasteiger partial charge < -0.3 is 25.5 Å². The zero-order valence-electron chi connectivity index (χ0n) is 14.4. The van der Waals surface area contributed by atoms with Crippen molar-refractivity contribution in [2.45, 2.75) is 24.4 Å². The topological polar surface area (TPSA) is 114 Å². The Morgan fingerprint density at radius 1 is 0.815 bits per heavy atom. The number of nitrogens with zero attached hydrogens (tertiary/aromatic N) is 1. The van der Waals surface area contributed by atoms with Crippen molar-refractivity contribution in [2.24, 2.45) is 0 Å². The van der Waals surface area contributed by atoms with E-state index in [4.69, 9.17) is 5.11 Å². The van der Waals surface area contributed by atoms with Crippen LogP contribution in [0.4, 0.5) is 0 Å². The smallest absolute Gasteiger partial charge is 0.113 e. The Bertz CT molecular complexity index is 877. The highest BCUT2D eigenvalue weighted by atomic mass is 35.5. The standard InChI is InChI=1S/C20H21NO5.ClH/c22-11-17(23)19(25)20(26)18(24)14-10-16(12-6-2-1-3-7-12)21-15-9-5-4-8-13(14)15;/h1-10,17-20,22-26H,11H2;1H/t17-,18-,19-,20-;/m1./s1. The van der Waals surface area contributed by atoms with Gasteiger partial charge >= 0.3 is 0 Å². The molecule has 0 amide bonds. The molecule has 7 heteroatoms. The molecule has 1 aromatic heterocycles. The first-order valence-corrected chi connectivity index (χ1v) is 8.31. The van der Waals surface area contributed by atoms with Crippen LogP contribution in [0, 0.1) is 0 Å². The Kier molecular flexibility index (Phi) is 7.26. The summed E-state index contributed by atoms with van der Waals surface area (Å²) in [6.07, 6.45) is -6.39. The number of hydrogen-bond acceptors (Lipinski definition) is 6. The van der Waals surface area contributed by atoms with Gasteiger partial charge in [-0.1, -0.05) is 48.5 Å². The summed E-state index contributed by atoms with van der Waals surface area (Å²) in [7, 11) is 0. The molecule has 144 valence electrons. The van der Waals surface area contributed by atoms with Gasteiger partial charge in [-0.2, -0.15) is 0 Å². The third-order valence-corrected chi connectivity index (χ3v) is 4.39. The lowest BCUT2D eigenvalue weighted by Gasteiger charge is -2.26. The van der Waals surface area contributed by atoms with Crippen LogP contribution in [-0.4, -0.2) is 55.4 Å². The number of pyridine rings is 1. The molecule has 3 aromatic rings. The summed E-state index contributed by atoms with van der Waals surface area (Å²) < 4.78 is 0. The monoisotopic (exact) mass is 391 g/mol. The fourth-order valence-corrected chi connectivity index (χ4v) is 2.91.